The molecule has 4 N–H and O–H groups in total. The lowest BCUT2D eigenvalue weighted by atomic mass is 10.2. The highest BCUT2D eigenvalue weighted by atomic mass is 32.2. The van der Waals surface area contributed by atoms with Gasteiger partial charge in [-0.1, -0.05) is 5.16 Å². The minimum absolute atomic E-state index is 0.186. The number of nitrogens with one attached hydrogen (secondary N) is 1. The highest BCUT2D eigenvalue weighted by Gasteiger charge is 2.38. The van der Waals surface area contributed by atoms with E-state index >= 15 is 0 Å². The summed E-state index contributed by atoms with van der Waals surface area (Å²) in [7, 11) is -4.07. The van der Waals surface area contributed by atoms with Gasteiger partial charge in [-0.3, -0.25) is 0 Å². The smallest absolute Gasteiger partial charge is 0.422 e. The fraction of sp³-hybridized carbons (Fsp3) is 0.778. The molecule has 0 aromatic carbocycles. The Morgan fingerprint density at radius 3 is 2.74 bits per heavy atom. The Labute approximate surface area is 111 Å². The molecule has 1 saturated heterocycles. The Bertz CT molecular complexity index is 461. The van der Waals surface area contributed by atoms with Gasteiger partial charge in [-0.2, -0.15) is 12.7 Å². The Kier molecular flexibility index (Phi) is 4.95. The summed E-state index contributed by atoms with van der Waals surface area (Å²) in [4.78, 5) is 11.3. The zero-order valence-corrected chi connectivity index (χ0v) is 11.6. The van der Waals surface area contributed by atoms with Gasteiger partial charge in [-0.15, -0.1) is 0 Å². The second-order valence-corrected chi connectivity index (χ2v) is 5.98. The lowest BCUT2D eigenvalue weighted by molar-refractivity contribution is 0.121. The van der Waals surface area contributed by atoms with Crippen LogP contribution in [0.2, 0.25) is 0 Å². The number of hydrogen-bond donors (Lipinski definition) is 3. The van der Waals surface area contributed by atoms with Crippen molar-refractivity contribution in [3.05, 3.63) is 0 Å². The number of carbonyl (C=O) groups excluding carboxylic acids is 1. The summed E-state index contributed by atoms with van der Waals surface area (Å²) in [6.07, 6.45) is -0.509. The molecule has 0 aromatic rings. The molecule has 1 heterocycles. The Balaban J connectivity index is 2.79. The number of nitrogens with zero attached hydrogens (tertiary/aromatic N) is 2. The molecule has 1 rings (SSSR count). The second-order valence-electron chi connectivity index (χ2n) is 4.35. The molecular weight excluding hydrogens is 276 g/mol. The first-order chi connectivity index (χ1) is 8.77. The van der Waals surface area contributed by atoms with Crippen LogP contribution in [0.1, 0.15) is 26.7 Å². The topological polar surface area (TPSA) is 134 Å². The molecule has 0 aliphatic carbocycles. The maximum atomic E-state index is 12.0. The van der Waals surface area contributed by atoms with E-state index in [1.807, 2.05) is 0 Å². The molecule has 1 unspecified atom stereocenters. The Morgan fingerprint density at radius 2 is 2.21 bits per heavy atom. The van der Waals surface area contributed by atoms with Crippen molar-refractivity contribution in [2.75, 3.05) is 6.54 Å². The molecular formula is C9H18N4O5S. The number of carbonyl (C=O) groups is 1. The number of ether oxygens (including phenoxy) is 1. The molecule has 1 fully saturated rings. The van der Waals surface area contributed by atoms with Gasteiger partial charge in [0.2, 0.25) is 0 Å². The van der Waals surface area contributed by atoms with E-state index in [2.05, 4.69) is 5.16 Å². The normalized spacial score (nSPS) is 21.6. The van der Waals surface area contributed by atoms with Gasteiger partial charge in [0.15, 0.2) is 5.84 Å². The minimum Gasteiger partial charge on any atom is -0.446 e. The number of amides is 1. The number of oxime groups is 1. The Morgan fingerprint density at radius 1 is 1.58 bits per heavy atom. The van der Waals surface area contributed by atoms with Gasteiger partial charge < -0.3 is 15.7 Å². The van der Waals surface area contributed by atoms with Crippen molar-refractivity contribution >= 4 is 22.1 Å². The predicted molar refractivity (Wildman–Crippen MR) is 66.8 cm³/mol. The van der Waals surface area contributed by atoms with Crippen LogP contribution in [0.5, 0.6) is 0 Å². The SMILES string of the molecule is CC(C)OC(=O)NS(=O)(=O)N1CCCC1C(N)=NO. The molecule has 0 aromatic heterocycles. The van der Waals surface area contributed by atoms with Crippen LogP contribution < -0.4 is 10.5 Å². The van der Waals surface area contributed by atoms with Crippen molar-refractivity contribution in [1.29, 1.82) is 0 Å². The van der Waals surface area contributed by atoms with E-state index in [1.54, 1.807) is 18.6 Å². The molecule has 1 aliphatic heterocycles. The van der Waals surface area contributed by atoms with Crippen LogP contribution in [0.3, 0.4) is 0 Å². The van der Waals surface area contributed by atoms with Crippen LogP contribution in [0.15, 0.2) is 5.16 Å². The summed E-state index contributed by atoms with van der Waals surface area (Å²) >= 11 is 0. The van der Waals surface area contributed by atoms with E-state index in [1.165, 1.54) is 0 Å². The molecule has 1 amide bonds. The lowest BCUT2D eigenvalue weighted by Crippen LogP contribution is -2.50. The number of rotatable bonds is 4. The molecule has 10 heteroatoms. The molecule has 0 bridgehead atoms. The lowest BCUT2D eigenvalue weighted by Gasteiger charge is -2.22. The highest BCUT2D eigenvalue weighted by molar-refractivity contribution is 7.87. The quantitative estimate of drug-likeness (QED) is 0.279. The Hall–Kier alpha value is -1.55. The van der Waals surface area contributed by atoms with Crippen molar-refractivity contribution in [2.45, 2.75) is 38.8 Å². The second kappa shape index (κ2) is 6.06. The van der Waals surface area contributed by atoms with E-state index in [-0.39, 0.29) is 12.4 Å². The third kappa shape index (κ3) is 3.96. The van der Waals surface area contributed by atoms with Crippen molar-refractivity contribution < 1.29 is 23.2 Å². The van der Waals surface area contributed by atoms with Crippen LogP contribution >= 0.6 is 0 Å². The summed E-state index contributed by atoms with van der Waals surface area (Å²) in [5.41, 5.74) is 5.43. The molecule has 1 aliphatic rings. The average Bonchev–Trinajstić information content (AvgIpc) is 2.75. The van der Waals surface area contributed by atoms with Gasteiger partial charge in [0.1, 0.15) is 0 Å². The van der Waals surface area contributed by atoms with Gasteiger partial charge in [-0.05, 0) is 26.7 Å². The standard InChI is InChI=1S/C9H18N4O5S/c1-6(2)18-9(14)12-19(16,17)13-5-3-4-7(13)8(10)11-15/h6-7,15H,3-5H2,1-2H3,(H2,10,11)(H,12,14). The fourth-order valence-corrected chi connectivity index (χ4v) is 3.09. The fourth-order valence-electron chi connectivity index (χ4n) is 1.79. The minimum atomic E-state index is -4.07. The van der Waals surface area contributed by atoms with Gasteiger partial charge in [-0.25, -0.2) is 9.52 Å². The molecule has 1 atom stereocenters. The van der Waals surface area contributed by atoms with Gasteiger partial charge in [0.05, 0.1) is 12.1 Å². The van der Waals surface area contributed by atoms with Gasteiger partial charge >= 0.3 is 16.3 Å². The van der Waals surface area contributed by atoms with E-state index in [0.29, 0.717) is 12.8 Å². The molecule has 9 nitrogen and oxygen atoms in total. The van der Waals surface area contributed by atoms with Crippen molar-refractivity contribution in [2.24, 2.45) is 10.9 Å². The molecule has 110 valence electrons. The predicted octanol–water partition coefficient (Wildman–Crippen LogP) is -0.423. The monoisotopic (exact) mass is 294 g/mol. The van der Waals surface area contributed by atoms with Crippen molar-refractivity contribution in [3.8, 4) is 0 Å². The van der Waals surface area contributed by atoms with E-state index < -0.39 is 28.4 Å². The van der Waals surface area contributed by atoms with Gasteiger partial charge in [0.25, 0.3) is 0 Å². The number of nitrogens with two attached hydrogens (primary N) is 1. The van der Waals surface area contributed by atoms with Crippen LogP contribution in [-0.4, -0.2) is 48.5 Å². The molecule has 19 heavy (non-hydrogen) atoms. The molecule has 0 radical (unpaired) electrons. The zero-order valence-electron chi connectivity index (χ0n) is 10.7. The molecule has 0 saturated carbocycles. The van der Waals surface area contributed by atoms with Gasteiger partial charge in [0, 0.05) is 6.54 Å². The van der Waals surface area contributed by atoms with E-state index in [0.717, 1.165) is 4.31 Å². The molecule has 0 spiro atoms. The highest BCUT2D eigenvalue weighted by Crippen LogP contribution is 2.20. The van der Waals surface area contributed by atoms with E-state index in [4.69, 9.17) is 15.7 Å². The zero-order chi connectivity index (χ0) is 14.6. The number of amidine groups is 1. The number of hydrogen-bond acceptors (Lipinski definition) is 6. The van der Waals surface area contributed by atoms with Crippen LogP contribution in [0, 0.1) is 0 Å². The summed E-state index contributed by atoms with van der Waals surface area (Å²) in [6, 6.07) is -0.755. The summed E-state index contributed by atoms with van der Waals surface area (Å²) in [5, 5.41) is 11.4. The maximum absolute atomic E-state index is 12.0. The van der Waals surface area contributed by atoms with Crippen molar-refractivity contribution in [1.82, 2.24) is 9.03 Å². The van der Waals surface area contributed by atoms with E-state index in [9.17, 15) is 13.2 Å². The first kappa shape index (κ1) is 15.5. The summed E-state index contributed by atoms with van der Waals surface area (Å²) < 4.78 is 31.4. The van der Waals surface area contributed by atoms with Crippen LogP contribution in [-0.2, 0) is 14.9 Å². The first-order valence-electron chi connectivity index (χ1n) is 5.75. The average molecular weight is 294 g/mol. The third-order valence-electron chi connectivity index (χ3n) is 2.52. The summed E-state index contributed by atoms with van der Waals surface area (Å²) in [5.74, 6) is -0.208. The van der Waals surface area contributed by atoms with Crippen molar-refractivity contribution in [3.63, 3.8) is 0 Å². The largest absolute Gasteiger partial charge is 0.446 e. The van der Waals surface area contributed by atoms with Crippen LogP contribution in [0.4, 0.5) is 4.79 Å². The maximum Gasteiger partial charge on any atom is 0.422 e. The summed E-state index contributed by atoms with van der Waals surface area (Å²) in [6.45, 7) is 3.38. The van der Waals surface area contributed by atoms with Crippen LogP contribution in [0.25, 0.3) is 0 Å². The first-order valence-corrected chi connectivity index (χ1v) is 7.19. The third-order valence-corrected chi connectivity index (χ3v) is 4.00.